The summed E-state index contributed by atoms with van der Waals surface area (Å²) in [5.41, 5.74) is 1.51. The molecule has 0 spiro atoms. The average molecular weight is 397 g/mol. The summed E-state index contributed by atoms with van der Waals surface area (Å²) in [5, 5.41) is 13.5. The van der Waals surface area contributed by atoms with E-state index in [4.69, 9.17) is 9.47 Å². The molecule has 0 aromatic carbocycles. The predicted octanol–water partition coefficient (Wildman–Crippen LogP) is 1.83. The van der Waals surface area contributed by atoms with Gasteiger partial charge in [0.25, 0.3) is 5.91 Å². The fraction of sp³-hybridized carbons (Fsp3) is 0.368. The molecule has 3 aromatic rings. The van der Waals surface area contributed by atoms with Crippen molar-refractivity contribution in [3.05, 3.63) is 36.2 Å². The second-order valence-electron chi connectivity index (χ2n) is 6.93. The summed E-state index contributed by atoms with van der Waals surface area (Å²) in [7, 11) is 1.78. The average Bonchev–Trinajstić information content (AvgIpc) is 3.09. The van der Waals surface area contributed by atoms with E-state index >= 15 is 0 Å². The number of carbonyl (C=O) groups is 1. The van der Waals surface area contributed by atoms with Crippen LogP contribution in [0.25, 0.3) is 5.65 Å². The number of aromatic nitrogens is 4. The van der Waals surface area contributed by atoms with E-state index in [1.165, 1.54) is 6.20 Å². The molecular formula is C19H23N7O3. The van der Waals surface area contributed by atoms with Crippen LogP contribution < -0.4 is 20.7 Å². The second kappa shape index (κ2) is 7.92. The maximum Gasteiger partial charge on any atom is 0.257 e. The van der Waals surface area contributed by atoms with E-state index in [1.54, 1.807) is 23.8 Å². The quantitative estimate of drug-likeness (QED) is 0.553. The minimum Gasteiger partial charge on any atom is -0.473 e. The van der Waals surface area contributed by atoms with Crippen molar-refractivity contribution in [1.82, 2.24) is 24.9 Å². The van der Waals surface area contributed by atoms with E-state index in [0.717, 1.165) is 0 Å². The number of ether oxygens (including phenoxy) is 2. The molecule has 0 aliphatic carbocycles. The number of fused-ring (bicyclic) bond motifs is 1. The van der Waals surface area contributed by atoms with Crippen LogP contribution in [0.3, 0.4) is 0 Å². The van der Waals surface area contributed by atoms with Crippen molar-refractivity contribution in [2.45, 2.75) is 26.0 Å². The van der Waals surface area contributed by atoms with E-state index in [2.05, 4.69) is 31.0 Å². The first kappa shape index (κ1) is 18.9. The van der Waals surface area contributed by atoms with Gasteiger partial charge in [0.2, 0.25) is 5.88 Å². The van der Waals surface area contributed by atoms with Gasteiger partial charge in [-0.1, -0.05) is 0 Å². The number of hydrogen-bond acceptors (Lipinski definition) is 8. The summed E-state index contributed by atoms with van der Waals surface area (Å²) in [5.74, 6) is 1.46. The first-order chi connectivity index (χ1) is 14.0. The van der Waals surface area contributed by atoms with Crippen molar-refractivity contribution in [2.24, 2.45) is 0 Å². The van der Waals surface area contributed by atoms with Gasteiger partial charge < -0.3 is 25.4 Å². The zero-order valence-electron chi connectivity index (χ0n) is 16.5. The van der Waals surface area contributed by atoms with Gasteiger partial charge in [0, 0.05) is 19.3 Å². The summed E-state index contributed by atoms with van der Waals surface area (Å²) in [6, 6.07) is 5.49. The lowest BCUT2D eigenvalue weighted by Gasteiger charge is -2.26. The van der Waals surface area contributed by atoms with Crippen LogP contribution in [0, 0.1) is 0 Å². The molecule has 0 bridgehead atoms. The third kappa shape index (κ3) is 3.92. The van der Waals surface area contributed by atoms with Crippen molar-refractivity contribution in [2.75, 3.05) is 30.9 Å². The van der Waals surface area contributed by atoms with Gasteiger partial charge in [-0.25, -0.2) is 9.97 Å². The van der Waals surface area contributed by atoms with Gasteiger partial charge in [-0.15, -0.1) is 0 Å². The molecule has 1 amide bonds. The van der Waals surface area contributed by atoms with Crippen molar-refractivity contribution in [3.8, 4) is 5.88 Å². The predicted molar refractivity (Wildman–Crippen MR) is 108 cm³/mol. The van der Waals surface area contributed by atoms with Crippen LogP contribution in [0.5, 0.6) is 5.88 Å². The monoisotopic (exact) mass is 397 g/mol. The van der Waals surface area contributed by atoms with Crippen molar-refractivity contribution >= 4 is 28.9 Å². The number of rotatable bonds is 7. The first-order valence-electron chi connectivity index (χ1n) is 9.39. The minimum atomic E-state index is -0.231. The Kier molecular flexibility index (Phi) is 5.17. The van der Waals surface area contributed by atoms with Crippen LogP contribution in [-0.2, 0) is 4.74 Å². The lowest BCUT2D eigenvalue weighted by Crippen LogP contribution is -2.48. The number of nitrogens with one attached hydrogen (secondary N) is 3. The molecule has 1 aliphatic rings. The van der Waals surface area contributed by atoms with Crippen LogP contribution in [0.2, 0.25) is 0 Å². The molecular weight excluding hydrogens is 374 g/mol. The summed E-state index contributed by atoms with van der Waals surface area (Å²) < 4.78 is 12.5. The normalized spacial score (nSPS) is 13.9. The summed E-state index contributed by atoms with van der Waals surface area (Å²) in [6.45, 7) is 4.91. The molecule has 0 saturated carbocycles. The third-order valence-corrected chi connectivity index (χ3v) is 4.33. The van der Waals surface area contributed by atoms with E-state index in [-0.39, 0.29) is 18.1 Å². The molecule has 152 valence electrons. The standard InChI is InChI=1S/C19H23N7O3/c1-11(2)29-19-14(5-4-6-21-19)24-15-7-16(20-3)26-17(25-15)13(8-22-26)18(27)23-12-9-28-10-12/h4-8,11-12,20H,9-10H2,1-3H3,(H,23,27)(H,24,25). The molecule has 1 saturated heterocycles. The van der Waals surface area contributed by atoms with Crippen molar-refractivity contribution < 1.29 is 14.3 Å². The lowest BCUT2D eigenvalue weighted by atomic mass is 10.2. The van der Waals surface area contributed by atoms with E-state index in [9.17, 15) is 4.79 Å². The Hall–Kier alpha value is -3.40. The summed E-state index contributed by atoms with van der Waals surface area (Å²) in [4.78, 5) is 21.5. The second-order valence-corrected chi connectivity index (χ2v) is 6.93. The van der Waals surface area contributed by atoms with Gasteiger partial charge in [-0.2, -0.15) is 9.61 Å². The number of amides is 1. The Morgan fingerprint density at radius 3 is 2.90 bits per heavy atom. The van der Waals surface area contributed by atoms with E-state index in [1.807, 2.05) is 26.0 Å². The molecule has 4 rings (SSSR count). The van der Waals surface area contributed by atoms with Gasteiger partial charge in [-0.3, -0.25) is 4.79 Å². The first-order valence-corrected chi connectivity index (χ1v) is 9.39. The third-order valence-electron chi connectivity index (χ3n) is 4.33. The highest BCUT2D eigenvalue weighted by Crippen LogP contribution is 2.27. The number of carbonyl (C=O) groups excluding carboxylic acids is 1. The topological polar surface area (TPSA) is 115 Å². The number of anilines is 3. The molecule has 10 nitrogen and oxygen atoms in total. The number of pyridine rings is 1. The van der Waals surface area contributed by atoms with Crippen molar-refractivity contribution in [1.29, 1.82) is 0 Å². The Morgan fingerprint density at radius 2 is 2.21 bits per heavy atom. The van der Waals surface area contributed by atoms with Crippen LogP contribution in [-0.4, -0.2) is 57.9 Å². The van der Waals surface area contributed by atoms with Crippen LogP contribution >= 0.6 is 0 Å². The molecule has 29 heavy (non-hydrogen) atoms. The minimum absolute atomic E-state index is 0.0191. The zero-order chi connectivity index (χ0) is 20.4. The van der Waals surface area contributed by atoms with Crippen LogP contribution in [0.4, 0.5) is 17.3 Å². The van der Waals surface area contributed by atoms with E-state index in [0.29, 0.717) is 47.6 Å². The highest BCUT2D eigenvalue weighted by molar-refractivity contribution is 6.00. The van der Waals surface area contributed by atoms with Crippen LogP contribution in [0.15, 0.2) is 30.6 Å². The molecule has 10 heteroatoms. The smallest absolute Gasteiger partial charge is 0.257 e. The van der Waals surface area contributed by atoms with Gasteiger partial charge in [0.1, 0.15) is 22.9 Å². The highest BCUT2D eigenvalue weighted by Gasteiger charge is 2.24. The SMILES string of the molecule is CNc1cc(Nc2cccnc2OC(C)C)nc2c(C(=O)NC3COC3)cnn12. The van der Waals surface area contributed by atoms with E-state index < -0.39 is 0 Å². The fourth-order valence-corrected chi connectivity index (χ4v) is 2.89. The van der Waals surface area contributed by atoms with Gasteiger partial charge in [0.15, 0.2) is 5.65 Å². The maximum atomic E-state index is 12.6. The molecule has 0 radical (unpaired) electrons. The molecule has 4 heterocycles. The molecule has 1 fully saturated rings. The number of hydrogen-bond donors (Lipinski definition) is 3. The maximum absolute atomic E-state index is 12.6. The number of nitrogens with zero attached hydrogens (tertiary/aromatic N) is 4. The lowest BCUT2D eigenvalue weighted by molar-refractivity contribution is -0.00343. The van der Waals surface area contributed by atoms with Gasteiger partial charge >= 0.3 is 0 Å². The molecule has 0 unspecified atom stereocenters. The Bertz CT molecular complexity index is 1030. The van der Waals surface area contributed by atoms with Gasteiger partial charge in [-0.05, 0) is 26.0 Å². The fourth-order valence-electron chi connectivity index (χ4n) is 2.89. The molecule has 0 atom stereocenters. The Morgan fingerprint density at radius 1 is 1.38 bits per heavy atom. The summed E-state index contributed by atoms with van der Waals surface area (Å²) in [6.07, 6.45) is 3.16. The highest BCUT2D eigenvalue weighted by atomic mass is 16.5. The Balaban J connectivity index is 1.68. The van der Waals surface area contributed by atoms with Crippen molar-refractivity contribution in [3.63, 3.8) is 0 Å². The Labute approximate surface area is 167 Å². The largest absolute Gasteiger partial charge is 0.473 e. The van der Waals surface area contributed by atoms with Gasteiger partial charge in [0.05, 0.1) is 31.6 Å². The van der Waals surface area contributed by atoms with Crippen LogP contribution in [0.1, 0.15) is 24.2 Å². The molecule has 1 aliphatic heterocycles. The molecule has 3 N–H and O–H groups in total. The molecule has 3 aromatic heterocycles. The summed E-state index contributed by atoms with van der Waals surface area (Å²) >= 11 is 0. The zero-order valence-corrected chi connectivity index (χ0v) is 16.5.